The summed E-state index contributed by atoms with van der Waals surface area (Å²) in [6, 6.07) is 3.00. The minimum absolute atomic E-state index is 0.0468. The van der Waals surface area contributed by atoms with Gasteiger partial charge in [0.05, 0.1) is 5.02 Å². The molecule has 0 amide bonds. The normalized spacial score (nSPS) is 12.4. The van der Waals surface area contributed by atoms with Crippen LogP contribution in [0.25, 0.3) is 0 Å². The van der Waals surface area contributed by atoms with Crippen LogP contribution < -0.4 is 5.32 Å². The van der Waals surface area contributed by atoms with Crippen LogP contribution >= 0.6 is 23.2 Å². The van der Waals surface area contributed by atoms with Crippen molar-refractivity contribution in [3.05, 3.63) is 27.7 Å². The number of sulfonamides is 1. The molecule has 0 atom stereocenters. The summed E-state index contributed by atoms with van der Waals surface area (Å²) in [6.45, 7) is 4.35. The molecule has 0 aliphatic heterocycles. The molecule has 0 bridgehead atoms. The number of rotatable bonds is 7. The van der Waals surface area contributed by atoms with Gasteiger partial charge in [0.1, 0.15) is 4.90 Å². The average molecular weight is 353 g/mol. The highest BCUT2D eigenvalue weighted by Crippen LogP contribution is 2.33. The van der Waals surface area contributed by atoms with Gasteiger partial charge in [0.25, 0.3) is 0 Å². The van der Waals surface area contributed by atoms with E-state index in [-0.39, 0.29) is 16.0 Å². The molecule has 0 fully saturated rings. The smallest absolute Gasteiger partial charge is 0.244 e. The second-order valence-electron chi connectivity index (χ2n) is 4.86. The zero-order valence-corrected chi connectivity index (χ0v) is 15.1. The molecule has 1 N–H and O–H groups in total. The molecule has 0 aliphatic carbocycles. The fraction of sp³-hybridized carbons (Fsp3) is 0.571. The molecule has 4 nitrogen and oxygen atoms in total. The lowest BCUT2D eigenvalue weighted by Gasteiger charge is -2.26. The van der Waals surface area contributed by atoms with E-state index in [9.17, 15) is 8.42 Å². The van der Waals surface area contributed by atoms with E-state index in [0.717, 1.165) is 12.8 Å². The highest BCUT2D eigenvalue weighted by Gasteiger charge is 2.29. The van der Waals surface area contributed by atoms with Crippen LogP contribution in [0.15, 0.2) is 17.0 Å². The fourth-order valence-corrected chi connectivity index (χ4v) is 4.66. The molecular weight excluding hydrogens is 331 g/mol. The van der Waals surface area contributed by atoms with Crippen molar-refractivity contribution < 1.29 is 8.42 Å². The van der Waals surface area contributed by atoms with E-state index in [1.807, 2.05) is 13.8 Å². The van der Waals surface area contributed by atoms with Gasteiger partial charge >= 0.3 is 0 Å². The van der Waals surface area contributed by atoms with E-state index >= 15 is 0 Å². The Labute approximate surface area is 137 Å². The van der Waals surface area contributed by atoms with Crippen LogP contribution in [0, 0.1) is 0 Å². The predicted molar refractivity (Wildman–Crippen MR) is 88.5 cm³/mol. The molecule has 120 valence electrons. The summed E-state index contributed by atoms with van der Waals surface area (Å²) >= 11 is 12.4. The maximum Gasteiger partial charge on any atom is 0.244 e. The molecule has 1 aromatic rings. The molecule has 0 aromatic heterocycles. The number of nitrogens with zero attached hydrogens (tertiary/aromatic N) is 1. The maximum atomic E-state index is 12.8. The van der Waals surface area contributed by atoms with E-state index < -0.39 is 10.0 Å². The van der Waals surface area contributed by atoms with Crippen molar-refractivity contribution in [3.63, 3.8) is 0 Å². The van der Waals surface area contributed by atoms with Gasteiger partial charge in [-0.2, -0.15) is 4.31 Å². The zero-order chi connectivity index (χ0) is 16.2. The van der Waals surface area contributed by atoms with Gasteiger partial charge in [-0.25, -0.2) is 8.42 Å². The molecule has 1 aromatic carbocycles. The number of halogens is 2. The Hall–Kier alpha value is -0.330. The molecule has 0 unspecified atom stereocenters. The number of benzene rings is 1. The SMILES string of the molecule is CCC(CC)N(C)S(=O)(=O)c1ccc(Cl)c(CNC)c1Cl. The van der Waals surface area contributed by atoms with Crippen molar-refractivity contribution in [2.24, 2.45) is 0 Å². The van der Waals surface area contributed by atoms with Crippen LogP contribution in [0.3, 0.4) is 0 Å². The van der Waals surface area contributed by atoms with Gasteiger partial charge in [0.2, 0.25) is 10.0 Å². The molecule has 0 aliphatic rings. The third-order valence-electron chi connectivity index (χ3n) is 3.62. The molecule has 0 saturated carbocycles. The van der Waals surface area contributed by atoms with Crippen molar-refractivity contribution in [2.75, 3.05) is 14.1 Å². The van der Waals surface area contributed by atoms with E-state index in [2.05, 4.69) is 5.32 Å². The Morgan fingerprint density at radius 1 is 1.24 bits per heavy atom. The van der Waals surface area contributed by atoms with Gasteiger partial charge in [0, 0.05) is 30.2 Å². The molecule has 0 spiro atoms. The van der Waals surface area contributed by atoms with Gasteiger partial charge < -0.3 is 5.32 Å². The molecule has 0 radical (unpaired) electrons. The highest BCUT2D eigenvalue weighted by molar-refractivity contribution is 7.89. The van der Waals surface area contributed by atoms with Gasteiger partial charge in [0.15, 0.2) is 0 Å². The van der Waals surface area contributed by atoms with Crippen molar-refractivity contribution in [3.8, 4) is 0 Å². The summed E-state index contributed by atoms with van der Waals surface area (Å²) in [6.07, 6.45) is 1.50. The van der Waals surface area contributed by atoms with E-state index in [0.29, 0.717) is 17.1 Å². The Morgan fingerprint density at radius 3 is 2.29 bits per heavy atom. The lowest BCUT2D eigenvalue weighted by Crippen LogP contribution is -2.36. The second-order valence-corrected chi connectivity index (χ2v) is 7.61. The summed E-state index contributed by atoms with van der Waals surface area (Å²) in [5, 5.41) is 3.59. The third kappa shape index (κ3) is 3.90. The minimum Gasteiger partial charge on any atom is -0.316 e. The molecular formula is C14H22Cl2N2O2S. The summed E-state index contributed by atoms with van der Waals surface area (Å²) in [5.41, 5.74) is 0.597. The lowest BCUT2D eigenvalue weighted by atomic mass is 10.2. The first-order chi connectivity index (χ1) is 9.81. The summed E-state index contributed by atoms with van der Waals surface area (Å²) in [5.74, 6) is 0. The second kappa shape index (κ2) is 7.79. The van der Waals surface area contributed by atoms with Crippen molar-refractivity contribution in [2.45, 2.75) is 44.2 Å². The van der Waals surface area contributed by atoms with Crippen LogP contribution in [-0.2, 0) is 16.6 Å². The van der Waals surface area contributed by atoms with Crippen LogP contribution in [0.5, 0.6) is 0 Å². The van der Waals surface area contributed by atoms with Crippen LogP contribution in [0.1, 0.15) is 32.3 Å². The first-order valence-electron chi connectivity index (χ1n) is 6.90. The number of nitrogens with one attached hydrogen (secondary N) is 1. The molecule has 0 saturated heterocycles. The topological polar surface area (TPSA) is 49.4 Å². The van der Waals surface area contributed by atoms with Crippen LogP contribution in [-0.4, -0.2) is 32.9 Å². The monoisotopic (exact) mass is 352 g/mol. The Bertz CT molecular complexity index is 587. The number of hydrogen-bond acceptors (Lipinski definition) is 3. The zero-order valence-electron chi connectivity index (χ0n) is 12.8. The third-order valence-corrected chi connectivity index (χ3v) is 6.47. The molecule has 1 rings (SSSR count). The first-order valence-corrected chi connectivity index (χ1v) is 9.10. The van der Waals surface area contributed by atoms with Gasteiger partial charge in [-0.1, -0.05) is 37.0 Å². The summed E-state index contributed by atoms with van der Waals surface area (Å²) in [7, 11) is -0.289. The van der Waals surface area contributed by atoms with E-state index in [1.165, 1.54) is 10.4 Å². The Morgan fingerprint density at radius 2 is 1.81 bits per heavy atom. The fourth-order valence-electron chi connectivity index (χ4n) is 2.27. The minimum atomic E-state index is -3.64. The molecule has 7 heteroatoms. The standard InChI is InChI=1S/C14H22Cl2N2O2S/c1-5-10(6-2)18(4)21(19,20)13-8-7-12(15)11(9-17-3)14(13)16/h7-8,10,17H,5-6,9H2,1-4H3. The van der Waals surface area contributed by atoms with Crippen LogP contribution in [0.2, 0.25) is 10.0 Å². The van der Waals surface area contributed by atoms with Gasteiger partial charge in [-0.05, 0) is 32.0 Å². The van der Waals surface area contributed by atoms with Crippen molar-refractivity contribution in [1.29, 1.82) is 0 Å². The van der Waals surface area contributed by atoms with Gasteiger partial charge in [-0.15, -0.1) is 0 Å². The number of hydrogen-bond donors (Lipinski definition) is 1. The van der Waals surface area contributed by atoms with Crippen molar-refractivity contribution in [1.82, 2.24) is 9.62 Å². The molecule has 21 heavy (non-hydrogen) atoms. The first kappa shape index (κ1) is 18.7. The average Bonchev–Trinajstić information content (AvgIpc) is 2.44. The van der Waals surface area contributed by atoms with E-state index in [1.54, 1.807) is 20.2 Å². The highest BCUT2D eigenvalue weighted by atomic mass is 35.5. The predicted octanol–water partition coefficient (Wildman–Crippen LogP) is 3.52. The van der Waals surface area contributed by atoms with Crippen molar-refractivity contribution >= 4 is 33.2 Å². The summed E-state index contributed by atoms with van der Waals surface area (Å²) < 4.78 is 26.9. The Kier molecular flexibility index (Phi) is 6.94. The molecule has 0 heterocycles. The Balaban J connectivity index is 3.35. The largest absolute Gasteiger partial charge is 0.316 e. The van der Waals surface area contributed by atoms with Crippen LogP contribution in [0.4, 0.5) is 0 Å². The maximum absolute atomic E-state index is 12.8. The van der Waals surface area contributed by atoms with E-state index in [4.69, 9.17) is 23.2 Å². The quantitative estimate of drug-likeness (QED) is 0.816. The summed E-state index contributed by atoms with van der Waals surface area (Å²) in [4.78, 5) is 0.105. The lowest BCUT2D eigenvalue weighted by molar-refractivity contribution is 0.349. The van der Waals surface area contributed by atoms with Gasteiger partial charge in [-0.3, -0.25) is 0 Å².